The molecule has 0 radical (unpaired) electrons. The van der Waals surface area contributed by atoms with Gasteiger partial charge in [0.05, 0.1) is 0 Å². The Morgan fingerprint density at radius 1 is 1.62 bits per heavy atom. The first-order valence-corrected chi connectivity index (χ1v) is 3.96. The Hall–Kier alpha value is 0.240. The van der Waals surface area contributed by atoms with E-state index in [1.165, 1.54) is 0 Å². The summed E-state index contributed by atoms with van der Waals surface area (Å²) < 4.78 is 0.949. The number of nitrogens with one attached hydrogen (secondary N) is 1. The van der Waals surface area contributed by atoms with E-state index >= 15 is 0 Å². The van der Waals surface area contributed by atoms with Gasteiger partial charge in [-0.05, 0) is 6.92 Å². The van der Waals surface area contributed by atoms with Crippen LogP contribution >= 0.6 is 24.0 Å². The number of rotatable bonds is 0. The van der Waals surface area contributed by atoms with Crippen LogP contribution in [0.1, 0.15) is 13.8 Å². The third kappa shape index (κ3) is 1.14. The molecule has 1 nitrogen and oxygen atoms in total. The van der Waals surface area contributed by atoms with Crippen LogP contribution in [0.3, 0.4) is 0 Å². The maximum absolute atomic E-state index is 4.92. The van der Waals surface area contributed by atoms with Crippen LogP contribution < -0.4 is 5.32 Å². The predicted molar refractivity (Wildman–Crippen MR) is 42.2 cm³/mol. The van der Waals surface area contributed by atoms with Crippen molar-refractivity contribution in [3.8, 4) is 0 Å². The van der Waals surface area contributed by atoms with E-state index in [1.807, 2.05) is 0 Å². The molecule has 3 heteroatoms. The van der Waals surface area contributed by atoms with E-state index in [1.54, 1.807) is 11.8 Å². The van der Waals surface area contributed by atoms with Crippen molar-refractivity contribution in [1.82, 2.24) is 5.32 Å². The van der Waals surface area contributed by atoms with Gasteiger partial charge in [0.25, 0.3) is 0 Å². The summed E-state index contributed by atoms with van der Waals surface area (Å²) in [5.74, 6) is 0. The van der Waals surface area contributed by atoms with E-state index < -0.39 is 0 Å². The van der Waals surface area contributed by atoms with Crippen molar-refractivity contribution in [2.45, 2.75) is 25.1 Å². The molecule has 1 aliphatic heterocycles. The molecule has 2 unspecified atom stereocenters. The van der Waals surface area contributed by atoms with E-state index in [9.17, 15) is 0 Å². The van der Waals surface area contributed by atoms with Crippen LogP contribution in [0.2, 0.25) is 0 Å². The molecule has 0 aliphatic carbocycles. The first-order chi connectivity index (χ1) is 3.70. The zero-order valence-corrected chi connectivity index (χ0v) is 6.60. The van der Waals surface area contributed by atoms with Gasteiger partial charge in [-0.1, -0.05) is 30.9 Å². The van der Waals surface area contributed by atoms with Gasteiger partial charge in [-0.2, -0.15) is 0 Å². The molecule has 0 aromatic heterocycles. The second-order valence-electron chi connectivity index (χ2n) is 2.04. The third-order valence-corrected chi connectivity index (χ3v) is 2.86. The average Bonchev–Trinajstić information content (AvgIpc) is 1.85. The number of thioether (sulfide) groups is 1. The van der Waals surface area contributed by atoms with Crippen molar-refractivity contribution < 1.29 is 0 Å². The molecule has 2 atom stereocenters. The second kappa shape index (κ2) is 2.23. The molecule has 1 fully saturated rings. The van der Waals surface area contributed by atoms with Crippen LogP contribution in [0.25, 0.3) is 0 Å². The monoisotopic (exact) mass is 147 g/mol. The summed E-state index contributed by atoms with van der Waals surface area (Å²) in [4.78, 5) is 0. The molecular formula is C5H9NS2. The SMILES string of the molecule is CC1NC(=S)SC1C. The Balaban J connectivity index is 2.51. The fourth-order valence-electron chi connectivity index (χ4n) is 0.608. The fraction of sp³-hybridized carbons (Fsp3) is 0.800. The van der Waals surface area contributed by atoms with Crippen LogP contribution in [0.5, 0.6) is 0 Å². The third-order valence-electron chi connectivity index (χ3n) is 1.34. The zero-order valence-electron chi connectivity index (χ0n) is 4.97. The smallest absolute Gasteiger partial charge is 0.134 e. The van der Waals surface area contributed by atoms with Crippen molar-refractivity contribution in [1.29, 1.82) is 0 Å². The van der Waals surface area contributed by atoms with E-state index in [-0.39, 0.29) is 0 Å². The fourth-order valence-corrected chi connectivity index (χ4v) is 2.11. The molecule has 0 spiro atoms. The van der Waals surface area contributed by atoms with Gasteiger partial charge in [-0.15, -0.1) is 0 Å². The molecular weight excluding hydrogens is 138 g/mol. The Morgan fingerprint density at radius 2 is 2.25 bits per heavy atom. The maximum atomic E-state index is 4.92. The Morgan fingerprint density at radius 3 is 2.38 bits per heavy atom. The summed E-state index contributed by atoms with van der Waals surface area (Å²) >= 11 is 6.67. The first kappa shape index (κ1) is 6.36. The summed E-state index contributed by atoms with van der Waals surface area (Å²) in [6, 6.07) is 0.562. The summed E-state index contributed by atoms with van der Waals surface area (Å²) in [6.07, 6.45) is 0. The molecule has 46 valence electrons. The van der Waals surface area contributed by atoms with Crippen molar-refractivity contribution >= 4 is 28.3 Å². The molecule has 0 aromatic rings. The van der Waals surface area contributed by atoms with Gasteiger partial charge in [-0.25, -0.2) is 0 Å². The van der Waals surface area contributed by atoms with Gasteiger partial charge in [-0.3, -0.25) is 0 Å². The first-order valence-electron chi connectivity index (χ1n) is 2.67. The highest BCUT2D eigenvalue weighted by Crippen LogP contribution is 2.21. The molecule has 1 aliphatic rings. The maximum Gasteiger partial charge on any atom is 0.134 e. The van der Waals surface area contributed by atoms with Crippen LogP contribution in [-0.2, 0) is 0 Å². The molecule has 1 rings (SSSR count). The van der Waals surface area contributed by atoms with E-state index in [2.05, 4.69) is 19.2 Å². The molecule has 0 bridgehead atoms. The van der Waals surface area contributed by atoms with Gasteiger partial charge in [0.1, 0.15) is 4.32 Å². The van der Waals surface area contributed by atoms with Gasteiger partial charge < -0.3 is 5.32 Å². The average molecular weight is 147 g/mol. The van der Waals surface area contributed by atoms with Crippen LogP contribution in [0, 0.1) is 0 Å². The molecule has 1 heterocycles. The molecule has 0 saturated carbocycles. The Bertz CT molecular complexity index is 101. The van der Waals surface area contributed by atoms with Crippen LogP contribution in [0.4, 0.5) is 0 Å². The van der Waals surface area contributed by atoms with Crippen molar-refractivity contribution in [3.05, 3.63) is 0 Å². The lowest BCUT2D eigenvalue weighted by molar-refractivity contribution is 0.682. The highest BCUT2D eigenvalue weighted by atomic mass is 32.2. The summed E-state index contributed by atoms with van der Waals surface area (Å²) in [5.41, 5.74) is 0. The largest absolute Gasteiger partial charge is 0.367 e. The van der Waals surface area contributed by atoms with Gasteiger partial charge in [0, 0.05) is 11.3 Å². The Kier molecular flexibility index (Phi) is 1.77. The topological polar surface area (TPSA) is 12.0 Å². The van der Waals surface area contributed by atoms with E-state index in [0.29, 0.717) is 11.3 Å². The minimum Gasteiger partial charge on any atom is -0.367 e. The van der Waals surface area contributed by atoms with E-state index in [4.69, 9.17) is 12.2 Å². The Labute approximate surface area is 59.2 Å². The highest BCUT2D eigenvalue weighted by molar-refractivity contribution is 8.23. The van der Waals surface area contributed by atoms with Crippen LogP contribution in [0.15, 0.2) is 0 Å². The minimum atomic E-state index is 0.562. The van der Waals surface area contributed by atoms with Crippen molar-refractivity contribution in [2.75, 3.05) is 0 Å². The number of thiocarbonyl (C=S) groups is 1. The van der Waals surface area contributed by atoms with Crippen LogP contribution in [-0.4, -0.2) is 15.6 Å². The molecule has 8 heavy (non-hydrogen) atoms. The van der Waals surface area contributed by atoms with E-state index in [0.717, 1.165) is 4.32 Å². The van der Waals surface area contributed by atoms with Gasteiger partial charge in [0.15, 0.2) is 0 Å². The predicted octanol–water partition coefficient (Wildman–Crippen LogP) is 1.38. The second-order valence-corrected chi connectivity index (χ2v) is 4.10. The molecule has 0 amide bonds. The highest BCUT2D eigenvalue weighted by Gasteiger charge is 2.22. The lowest BCUT2D eigenvalue weighted by Gasteiger charge is -2.04. The standard InChI is InChI=1S/C5H9NS2/c1-3-4(2)8-5(7)6-3/h3-4H,1-2H3,(H,6,7). The molecule has 1 saturated heterocycles. The minimum absolute atomic E-state index is 0.562. The van der Waals surface area contributed by atoms with Crippen molar-refractivity contribution in [3.63, 3.8) is 0 Å². The quantitative estimate of drug-likeness (QED) is 0.520. The molecule has 1 N–H and O–H groups in total. The van der Waals surface area contributed by atoms with Crippen molar-refractivity contribution in [2.24, 2.45) is 0 Å². The lowest BCUT2D eigenvalue weighted by atomic mass is 10.3. The summed E-state index contributed by atoms with van der Waals surface area (Å²) in [6.45, 7) is 4.33. The summed E-state index contributed by atoms with van der Waals surface area (Å²) in [7, 11) is 0. The molecule has 0 aromatic carbocycles. The number of hydrogen-bond acceptors (Lipinski definition) is 2. The van der Waals surface area contributed by atoms with Gasteiger partial charge >= 0.3 is 0 Å². The van der Waals surface area contributed by atoms with Gasteiger partial charge in [0.2, 0.25) is 0 Å². The lowest BCUT2D eigenvalue weighted by Crippen LogP contribution is -2.25. The number of hydrogen-bond donors (Lipinski definition) is 1. The normalized spacial score (nSPS) is 37.5. The zero-order chi connectivity index (χ0) is 6.15. The summed E-state index contributed by atoms with van der Waals surface area (Å²) in [5, 5.41) is 3.82.